The molecule has 0 aromatic rings. The smallest absolute Gasteiger partial charge is 0.236 e. The molecule has 1 rings (SSSR count). The van der Waals surface area contributed by atoms with E-state index in [-0.39, 0.29) is 19.1 Å². The molecule has 0 saturated heterocycles. The van der Waals surface area contributed by atoms with Gasteiger partial charge >= 0.3 is 0 Å². The molecule has 0 aromatic heterocycles. The van der Waals surface area contributed by atoms with Gasteiger partial charge in [-0.1, -0.05) is 25.2 Å². The quantitative estimate of drug-likeness (QED) is 0.519. The first-order valence-electron chi connectivity index (χ1n) is 6.34. The number of rotatable bonds is 6. The zero-order valence-corrected chi connectivity index (χ0v) is 10.3. The van der Waals surface area contributed by atoms with Crippen LogP contribution < -0.4 is 5.32 Å². The van der Waals surface area contributed by atoms with Crippen molar-refractivity contribution in [3.63, 3.8) is 0 Å². The van der Waals surface area contributed by atoms with E-state index in [4.69, 9.17) is 11.5 Å². The summed E-state index contributed by atoms with van der Waals surface area (Å²) >= 11 is 0. The number of carbonyl (C=O) groups excluding carboxylic acids is 1. The van der Waals surface area contributed by atoms with Crippen LogP contribution in [0.5, 0.6) is 0 Å². The molecule has 1 amide bonds. The Morgan fingerprint density at radius 2 is 2.12 bits per heavy atom. The largest absolute Gasteiger partial charge is 0.395 e. The Hall–Kier alpha value is -1.05. The normalized spacial score (nSPS) is 16.5. The van der Waals surface area contributed by atoms with Crippen LogP contribution in [0.4, 0.5) is 0 Å². The van der Waals surface area contributed by atoms with Gasteiger partial charge in [-0.15, -0.1) is 6.42 Å². The van der Waals surface area contributed by atoms with Crippen LogP contribution in [-0.2, 0) is 4.79 Å². The van der Waals surface area contributed by atoms with Crippen molar-refractivity contribution in [1.82, 2.24) is 10.2 Å². The van der Waals surface area contributed by atoms with E-state index in [2.05, 4.69) is 11.2 Å². The lowest BCUT2D eigenvalue weighted by atomic mass is 9.94. The highest BCUT2D eigenvalue weighted by Crippen LogP contribution is 2.22. The maximum Gasteiger partial charge on any atom is 0.236 e. The molecule has 0 atom stereocenters. The van der Waals surface area contributed by atoms with Gasteiger partial charge in [0, 0.05) is 12.6 Å². The molecule has 1 saturated carbocycles. The van der Waals surface area contributed by atoms with Gasteiger partial charge in [0.2, 0.25) is 5.91 Å². The van der Waals surface area contributed by atoms with E-state index >= 15 is 0 Å². The van der Waals surface area contributed by atoms with Crippen LogP contribution in [0.1, 0.15) is 32.1 Å². The molecular weight excluding hydrogens is 216 g/mol. The Morgan fingerprint density at radius 3 is 2.71 bits per heavy atom. The van der Waals surface area contributed by atoms with E-state index in [1.165, 1.54) is 19.3 Å². The minimum atomic E-state index is 0.0252. The van der Waals surface area contributed by atoms with Gasteiger partial charge in [-0.25, -0.2) is 0 Å². The Morgan fingerprint density at radius 1 is 1.41 bits per heavy atom. The standard InChI is InChI=1S/C13H22N2O2/c1-2-8-14-11-13(17)15(9-10-16)12-6-4-3-5-7-12/h1,12,14,16H,3-11H2. The Bertz CT molecular complexity index is 267. The maximum atomic E-state index is 12.0. The molecule has 0 heterocycles. The Labute approximate surface area is 103 Å². The molecule has 0 spiro atoms. The third-order valence-electron chi connectivity index (χ3n) is 3.18. The fraction of sp³-hybridized carbons (Fsp3) is 0.769. The minimum absolute atomic E-state index is 0.0252. The second-order valence-corrected chi connectivity index (χ2v) is 4.41. The average molecular weight is 238 g/mol. The fourth-order valence-electron chi connectivity index (χ4n) is 2.35. The van der Waals surface area contributed by atoms with Gasteiger partial charge in [-0.05, 0) is 12.8 Å². The lowest BCUT2D eigenvalue weighted by Gasteiger charge is -2.34. The molecular formula is C13H22N2O2. The Balaban J connectivity index is 2.45. The average Bonchev–Trinajstić information content (AvgIpc) is 2.37. The number of nitrogens with zero attached hydrogens (tertiary/aromatic N) is 1. The van der Waals surface area contributed by atoms with E-state index in [0.717, 1.165) is 12.8 Å². The van der Waals surface area contributed by atoms with E-state index in [1.807, 2.05) is 4.90 Å². The molecule has 0 unspecified atom stereocenters. The van der Waals surface area contributed by atoms with Gasteiger partial charge in [0.15, 0.2) is 0 Å². The topological polar surface area (TPSA) is 52.6 Å². The van der Waals surface area contributed by atoms with Crippen LogP contribution in [0.3, 0.4) is 0 Å². The summed E-state index contributed by atoms with van der Waals surface area (Å²) in [5, 5.41) is 11.9. The molecule has 96 valence electrons. The molecule has 17 heavy (non-hydrogen) atoms. The van der Waals surface area contributed by atoms with Gasteiger partial charge in [-0.2, -0.15) is 0 Å². The number of carbonyl (C=O) groups is 1. The number of aliphatic hydroxyl groups excluding tert-OH is 1. The lowest BCUT2D eigenvalue weighted by molar-refractivity contribution is -0.133. The van der Waals surface area contributed by atoms with Gasteiger partial charge in [0.05, 0.1) is 19.7 Å². The summed E-state index contributed by atoms with van der Waals surface area (Å²) < 4.78 is 0. The summed E-state index contributed by atoms with van der Waals surface area (Å²) in [7, 11) is 0. The molecule has 2 N–H and O–H groups in total. The van der Waals surface area contributed by atoms with Crippen molar-refractivity contribution in [1.29, 1.82) is 0 Å². The molecule has 0 aliphatic heterocycles. The molecule has 1 aliphatic carbocycles. The minimum Gasteiger partial charge on any atom is -0.395 e. The predicted octanol–water partition coefficient (Wildman–Crippen LogP) is 0.363. The second-order valence-electron chi connectivity index (χ2n) is 4.41. The van der Waals surface area contributed by atoms with Crippen molar-refractivity contribution < 1.29 is 9.90 Å². The fourth-order valence-corrected chi connectivity index (χ4v) is 2.35. The van der Waals surface area contributed by atoms with Crippen molar-refractivity contribution >= 4 is 5.91 Å². The van der Waals surface area contributed by atoms with E-state index in [0.29, 0.717) is 19.1 Å². The second kappa shape index (κ2) is 8.10. The zero-order chi connectivity index (χ0) is 12.5. The first-order chi connectivity index (χ1) is 8.29. The molecule has 0 radical (unpaired) electrons. The van der Waals surface area contributed by atoms with Crippen molar-refractivity contribution in [2.75, 3.05) is 26.2 Å². The number of aliphatic hydroxyl groups is 1. The van der Waals surface area contributed by atoms with Crippen LogP contribution >= 0.6 is 0 Å². The summed E-state index contributed by atoms with van der Waals surface area (Å²) in [6.45, 7) is 1.13. The van der Waals surface area contributed by atoms with Crippen molar-refractivity contribution in [2.45, 2.75) is 38.1 Å². The van der Waals surface area contributed by atoms with Crippen LogP contribution in [-0.4, -0.2) is 48.2 Å². The summed E-state index contributed by atoms with van der Waals surface area (Å²) in [5.41, 5.74) is 0. The van der Waals surface area contributed by atoms with E-state index < -0.39 is 0 Å². The third kappa shape index (κ3) is 4.76. The lowest BCUT2D eigenvalue weighted by Crippen LogP contribution is -2.46. The van der Waals surface area contributed by atoms with E-state index in [9.17, 15) is 4.79 Å². The van der Waals surface area contributed by atoms with Gasteiger partial charge in [0.1, 0.15) is 0 Å². The molecule has 0 aromatic carbocycles. The summed E-state index contributed by atoms with van der Waals surface area (Å²) in [6, 6.07) is 0.302. The highest BCUT2D eigenvalue weighted by Gasteiger charge is 2.24. The van der Waals surface area contributed by atoms with Gasteiger partial charge < -0.3 is 10.0 Å². The monoisotopic (exact) mass is 238 g/mol. The molecule has 0 bridgehead atoms. The molecule has 1 fully saturated rings. The highest BCUT2D eigenvalue weighted by molar-refractivity contribution is 5.78. The van der Waals surface area contributed by atoms with Crippen LogP contribution in [0.15, 0.2) is 0 Å². The number of terminal acetylenes is 1. The summed E-state index contributed by atoms with van der Waals surface area (Å²) in [5.74, 6) is 2.49. The SMILES string of the molecule is C#CCNCC(=O)N(CCO)C1CCCCC1. The van der Waals surface area contributed by atoms with Gasteiger partial charge in [-0.3, -0.25) is 10.1 Å². The first kappa shape index (κ1) is 14.0. The number of hydrogen-bond donors (Lipinski definition) is 2. The first-order valence-corrected chi connectivity index (χ1v) is 6.34. The van der Waals surface area contributed by atoms with Crippen LogP contribution in [0, 0.1) is 12.3 Å². The third-order valence-corrected chi connectivity index (χ3v) is 3.18. The summed E-state index contributed by atoms with van der Waals surface area (Å²) in [6.07, 6.45) is 10.8. The molecule has 4 heteroatoms. The zero-order valence-electron chi connectivity index (χ0n) is 10.3. The highest BCUT2D eigenvalue weighted by atomic mass is 16.3. The van der Waals surface area contributed by atoms with Gasteiger partial charge in [0.25, 0.3) is 0 Å². The van der Waals surface area contributed by atoms with Crippen molar-refractivity contribution in [3.05, 3.63) is 0 Å². The number of nitrogens with one attached hydrogen (secondary N) is 1. The molecule has 4 nitrogen and oxygen atoms in total. The summed E-state index contributed by atoms with van der Waals surface area (Å²) in [4.78, 5) is 13.8. The van der Waals surface area contributed by atoms with Crippen LogP contribution in [0.2, 0.25) is 0 Å². The van der Waals surface area contributed by atoms with Crippen molar-refractivity contribution in [3.8, 4) is 12.3 Å². The maximum absolute atomic E-state index is 12.0. The Kier molecular flexibility index (Phi) is 6.68. The number of amides is 1. The predicted molar refractivity (Wildman–Crippen MR) is 67.4 cm³/mol. The number of hydrogen-bond acceptors (Lipinski definition) is 3. The van der Waals surface area contributed by atoms with E-state index in [1.54, 1.807) is 0 Å². The molecule has 1 aliphatic rings. The van der Waals surface area contributed by atoms with Crippen LogP contribution in [0.25, 0.3) is 0 Å². The van der Waals surface area contributed by atoms with Crippen molar-refractivity contribution in [2.24, 2.45) is 0 Å².